The van der Waals surface area contributed by atoms with Crippen molar-refractivity contribution in [1.82, 2.24) is 10.2 Å². The first kappa shape index (κ1) is 33.2. The monoisotopic (exact) mass is 583 g/mol. The van der Waals surface area contributed by atoms with Crippen LogP contribution in [0.4, 0.5) is 10.5 Å². The predicted molar refractivity (Wildman–Crippen MR) is 174 cm³/mol. The minimum absolute atomic E-state index is 0.0679. The minimum atomic E-state index is -1.09. The molecule has 0 heterocycles. The van der Waals surface area contributed by atoms with Crippen LogP contribution in [-0.2, 0) is 14.3 Å². The van der Waals surface area contributed by atoms with Crippen molar-refractivity contribution in [3.63, 3.8) is 0 Å². The van der Waals surface area contributed by atoms with E-state index in [1.165, 1.54) is 0 Å². The number of amides is 3. The number of fused-ring (bicyclic) bond motifs is 1. The number of benzene rings is 3. The number of carbonyl (C=O) groups excluding carboxylic acids is 3. The van der Waals surface area contributed by atoms with Crippen LogP contribution in [0.3, 0.4) is 0 Å². The highest BCUT2D eigenvalue weighted by Crippen LogP contribution is 2.35. The number of alkyl carbamates (subject to hydrolysis) is 1. The van der Waals surface area contributed by atoms with E-state index in [1.54, 1.807) is 49.9 Å². The lowest BCUT2D eigenvalue weighted by molar-refractivity contribution is -0.148. The molecule has 3 rings (SSSR count). The summed E-state index contributed by atoms with van der Waals surface area (Å²) in [4.78, 5) is 43.5. The van der Waals surface area contributed by atoms with E-state index < -0.39 is 41.1 Å². The largest absolute Gasteiger partial charge is 0.444 e. The fourth-order valence-electron chi connectivity index (χ4n) is 5.00. The van der Waals surface area contributed by atoms with Gasteiger partial charge in [0.2, 0.25) is 5.91 Å². The molecule has 0 saturated carbocycles. The summed E-state index contributed by atoms with van der Waals surface area (Å²) in [6.45, 7) is 15.0. The van der Waals surface area contributed by atoms with Gasteiger partial charge in [0.05, 0.1) is 0 Å². The molecule has 7 nitrogen and oxygen atoms in total. The molecule has 2 N–H and O–H groups in total. The zero-order valence-corrected chi connectivity index (χ0v) is 26.7. The Bertz CT molecular complexity index is 1500. The summed E-state index contributed by atoms with van der Waals surface area (Å²) in [5.74, 6) is 1.96. The maximum absolute atomic E-state index is 14.7. The van der Waals surface area contributed by atoms with Gasteiger partial charge in [-0.05, 0) is 87.9 Å². The highest BCUT2D eigenvalue weighted by atomic mass is 16.6. The third-order valence-corrected chi connectivity index (χ3v) is 7.39. The molecular weight excluding hydrogens is 538 g/mol. The van der Waals surface area contributed by atoms with Crippen LogP contribution in [0.1, 0.15) is 85.4 Å². The first-order valence-corrected chi connectivity index (χ1v) is 14.8. The van der Waals surface area contributed by atoms with Gasteiger partial charge in [0.1, 0.15) is 17.7 Å². The molecule has 0 saturated heterocycles. The Balaban J connectivity index is 2.15. The van der Waals surface area contributed by atoms with Crippen molar-refractivity contribution in [3.8, 4) is 12.3 Å². The maximum atomic E-state index is 14.7. The fourth-order valence-corrected chi connectivity index (χ4v) is 5.00. The number of terminal acetylenes is 1. The molecule has 7 heteroatoms. The third kappa shape index (κ3) is 8.61. The first-order chi connectivity index (χ1) is 20.2. The number of nitrogens with zero attached hydrogens (tertiary/aromatic N) is 1. The van der Waals surface area contributed by atoms with Crippen LogP contribution in [0.15, 0.2) is 66.7 Å². The maximum Gasteiger partial charge on any atom is 0.408 e. The summed E-state index contributed by atoms with van der Waals surface area (Å²) in [6, 6.07) is 18.7. The number of rotatable bonds is 10. The Morgan fingerprint density at radius 1 is 0.930 bits per heavy atom. The van der Waals surface area contributed by atoms with Crippen molar-refractivity contribution in [3.05, 3.63) is 77.9 Å². The molecule has 3 aromatic carbocycles. The Kier molecular flexibility index (Phi) is 10.6. The van der Waals surface area contributed by atoms with E-state index in [-0.39, 0.29) is 5.92 Å². The summed E-state index contributed by atoms with van der Waals surface area (Å²) in [5.41, 5.74) is 0.0882. The quantitative estimate of drug-likeness (QED) is 0.243. The number of hydrogen-bond acceptors (Lipinski definition) is 4. The summed E-state index contributed by atoms with van der Waals surface area (Å²) < 4.78 is 5.51. The first-order valence-electron chi connectivity index (χ1n) is 14.8. The smallest absolute Gasteiger partial charge is 0.408 e. The number of anilines is 1. The van der Waals surface area contributed by atoms with E-state index in [0.29, 0.717) is 29.7 Å². The van der Waals surface area contributed by atoms with Crippen molar-refractivity contribution in [2.24, 2.45) is 5.92 Å². The highest BCUT2D eigenvalue weighted by Gasteiger charge is 2.44. The number of hydrogen-bond donors (Lipinski definition) is 2. The summed E-state index contributed by atoms with van der Waals surface area (Å²) in [5, 5.41) is 7.87. The second kappa shape index (κ2) is 13.8. The molecule has 0 bridgehead atoms. The molecule has 2 atom stereocenters. The van der Waals surface area contributed by atoms with Crippen molar-refractivity contribution in [2.45, 2.75) is 91.5 Å². The zero-order chi connectivity index (χ0) is 31.9. The van der Waals surface area contributed by atoms with Gasteiger partial charge >= 0.3 is 6.09 Å². The Morgan fingerprint density at radius 3 is 2.16 bits per heavy atom. The van der Waals surface area contributed by atoms with Gasteiger partial charge in [0.25, 0.3) is 5.91 Å². The third-order valence-electron chi connectivity index (χ3n) is 7.39. The van der Waals surface area contributed by atoms with Crippen molar-refractivity contribution >= 4 is 34.4 Å². The average Bonchev–Trinajstić information content (AvgIpc) is 2.93. The second-order valence-corrected chi connectivity index (χ2v) is 12.9. The second-order valence-electron chi connectivity index (χ2n) is 12.9. The number of ether oxygens (including phenoxy) is 1. The summed E-state index contributed by atoms with van der Waals surface area (Å²) in [6.07, 6.45) is 6.11. The average molecular weight is 584 g/mol. The van der Waals surface area contributed by atoms with Crippen LogP contribution in [0.5, 0.6) is 0 Å². The number of nitrogens with one attached hydrogen (secondary N) is 2. The Morgan fingerprint density at radius 2 is 1.56 bits per heavy atom. The molecule has 228 valence electrons. The van der Waals surface area contributed by atoms with Crippen LogP contribution in [0, 0.1) is 18.3 Å². The molecule has 0 aliphatic carbocycles. The van der Waals surface area contributed by atoms with Gasteiger partial charge in [0.15, 0.2) is 0 Å². The molecule has 43 heavy (non-hydrogen) atoms. The van der Waals surface area contributed by atoms with Crippen LogP contribution >= 0.6 is 0 Å². The van der Waals surface area contributed by atoms with E-state index in [9.17, 15) is 14.4 Å². The van der Waals surface area contributed by atoms with Gasteiger partial charge < -0.3 is 20.3 Å². The van der Waals surface area contributed by atoms with Gasteiger partial charge in [-0.25, -0.2) is 4.79 Å². The standard InChI is InChI=1S/C36H45N3O4/c1-10-25-16-14-15-19-29(25)31(32(40)37-28-21-20-26-17-12-13-18-27(26)23-28)39(36(8,9)11-2)33(41)30(22-24(3)4)38-34(42)43-35(5,6)7/h1,12-21,23-24,30-31H,11,22H2,2-9H3,(H,37,40)(H,38,42). The Hall–Kier alpha value is -4.31. The van der Waals surface area contributed by atoms with Crippen LogP contribution in [0.2, 0.25) is 0 Å². The Labute approximate surface area is 256 Å². The molecule has 0 radical (unpaired) electrons. The van der Waals surface area contributed by atoms with Gasteiger partial charge in [-0.1, -0.05) is 75.2 Å². The molecule has 0 spiro atoms. The van der Waals surface area contributed by atoms with Gasteiger partial charge in [-0.2, -0.15) is 0 Å². The summed E-state index contributed by atoms with van der Waals surface area (Å²) >= 11 is 0. The number of carbonyl (C=O) groups is 3. The van der Waals surface area contributed by atoms with Crippen molar-refractivity contribution in [2.75, 3.05) is 5.32 Å². The zero-order valence-electron chi connectivity index (χ0n) is 26.7. The fraction of sp³-hybridized carbons (Fsp3) is 0.417. The van der Waals surface area contributed by atoms with Crippen molar-refractivity contribution in [1.29, 1.82) is 0 Å². The molecule has 0 aliphatic rings. The van der Waals surface area contributed by atoms with E-state index >= 15 is 0 Å². The van der Waals surface area contributed by atoms with E-state index in [4.69, 9.17) is 11.2 Å². The normalized spacial score (nSPS) is 13.1. The van der Waals surface area contributed by atoms with Crippen molar-refractivity contribution < 1.29 is 19.1 Å². The van der Waals surface area contributed by atoms with Gasteiger partial charge in [-0.15, -0.1) is 6.42 Å². The van der Waals surface area contributed by atoms with E-state index in [1.807, 2.05) is 77.1 Å². The lowest BCUT2D eigenvalue weighted by Crippen LogP contribution is -2.59. The molecule has 2 unspecified atom stereocenters. The van der Waals surface area contributed by atoms with E-state index in [2.05, 4.69) is 16.6 Å². The molecule has 3 amide bonds. The minimum Gasteiger partial charge on any atom is -0.444 e. The molecular formula is C36H45N3O4. The van der Waals surface area contributed by atoms with Crippen LogP contribution in [0.25, 0.3) is 10.8 Å². The van der Waals surface area contributed by atoms with E-state index in [0.717, 1.165) is 10.8 Å². The molecule has 0 aromatic heterocycles. The van der Waals surface area contributed by atoms with Crippen LogP contribution < -0.4 is 10.6 Å². The topological polar surface area (TPSA) is 87.7 Å². The molecule has 3 aromatic rings. The predicted octanol–water partition coefficient (Wildman–Crippen LogP) is 7.46. The lowest BCUT2D eigenvalue weighted by Gasteiger charge is -2.45. The van der Waals surface area contributed by atoms with Gasteiger partial charge in [-0.3, -0.25) is 9.59 Å². The SMILES string of the molecule is C#Cc1ccccc1C(C(=O)Nc1ccc2ccccc2c1)N(C(=O)C(CC(C)C)NC(=O)OC(C)(C)C)C(C)(C)CC. The molecule has 0 fully saturated rings. The summed E-state index contributed by atoms with van der Waals surface area (Å²) in [7, 11) is 0. The highest BCUT2D eigenvalue weighted by molar-refractivity contribution is 6.01. The lowest BCUT2D eigenvalue weighted by atomic mass is 9.89. The molecule has 0 aliphatic heterocycles. The van der Waals surface area contributed by atoms with Crippen LogP contribution in [-0.4, -0.2) is 40.0 Å². The van der Waals surface area contributed by atoms with Gasteiger partial charge in [0, 0.05) is 16.8 Å².